The largest absolute Gasteiger partial charge is 0.376 e. The van der Waals surface area contributed by atoms with E-state index in [1.54, 1.807) is 12.4 Å². The number of aliphatic hydroxyl groups excluding tert-OH is 1. The molecule has 0 bridgehead atoms. The van der Waals surface area contributed by atoms with Crippen LogP contribution in [0.3, 0.4) is 0 Å². The lowest BCUT2D eigenvalue weighted by Crippen LogP contribution is -2.52. The Balaban J connectivity index is 1.70. The van der Waals surface area contributed by atoms with E-state index in [-0.39, 0.29) is 18.2 Å². The highest BCUT2D eigenvalue weighted by Gasteiger charge is 2.42. The average Bonchev–Trinajstić information content (AvgIpc) is 2.74. The lowest BCUT2D eigenvalue weighted by atomic mass is 9.91. The van der Waals surface area contributed by atoms with Crippen molar-refractivity contribution in [1.29, 1.82) is 0 Å². The minimum Gasteiger partial charge on any atom is -0.376 e. The predicted octanol–water partition coefficient (Wildman–Crippen LogP) is 5.06. The number of rotatable bonds is 4. The Hall–Kier alpha value is -1.95. The van der Waals surface area contributed by atoms with Gasteiger partial charge in [0.05, 0.1) is 6.04 Å². The van der Waals surface area contributed by atoms with Gasteiger partial charge in [-0.25, -0.2) is 0 Å². The van der Waals surface area contributed by atoms with Crippen molar-refractivity contribution < 1.29 is 9.84 Å². The molecule has 0 saturated carbocycles. The molecular formula is C23H22Cl2N2O2. The summed E-state index contributed by atoms with van der Waals surface area (Å²) >= 11 is 12.2. The van der Waals surface area contributed by atoms with E-state index in [1.807, 2.05) is 72.6 Å². The predicted molar refractivity (Wildman–Crippen MR) is 115 cm³/mol. The van der Waals surface area contributed by atoms with Crippen LogP contribution in [0, 0.1) is 0 Å². The van der Waals surface area contributed by atoms with Gasteiger partial charge in [-0.3, -0.25) is 9.88 Å². The average molecular weight is 429 g/mol. The van der Waals surface area contributed by atoms with Crippen LogP contribution in [0.15, 0.2) is 73.1 Å². The molecule has 3 aromatic rings. The fraction of sp³-hybridized carbons (Fsp3) is 0.261. The van der Waals surface area contributed by atoms with E-state index in [0.717, 1.165) is 16.7 Å². The Morgan fingerprint density at radius 3 is 2.03 bits per heavy atom. The maximum atomic E-state index is 11.0. The summed E-state index contributed by atoms with van der Waals surface area (Å²) < 4.78 is 6.51. The van der Waals surface area contributed by atoms with Crippen LogP contribution in [0.1, 0.15) is 28.8 Å². The van der Waals surface area contributed by atoms with E-state index < -0.39 is 6.23 Å². The monoisotopic (exact) mass is 428 g/mol. The number of aromatic nitrogens is 1. The van der Waals surface area contributed by atoms with Crippen molar-refractivity contribution in [3.8, 4) is 0 Å². The number of halogens is 2. The Labute approximate surface area is 180 Å². The number of hydrogen-bond acceptors (Lipinski definition) is 4. The molecule has 29 heavy (non-hydrogen) atoms. The quantitative estimate of drug-likeness (QED) is 0.630. The van der Waals surface area contributed by atoms with Crippen LogP contribution in [0.4, 0.5) is 0 Å². The minimum atomic E-state index is -0.757. The van der Waals surface area contributed by atoms with Crippen molar-refractivity contribution in [2.45, 2.75) is 30.9 Å². The van der Waals surface area contributed by atoms with Crippen LogP contribution in [0.5, 0.6) is 0 Å². The molecule has 0 aliphatic carbocycles. The molecule has 1 N–H and O–H groups in total. The SMILES string of the molecule is CN1C(O)C(Cc2ccncc2)OC(c2ccc(Cl)cc2)C1c1ccc(Cl)cc1. The zero-order valence-electron chi connectivity index (χ0n) is 16.0. The van der Waals surface area contributed by atoms with Gasteiger partial charge in [0.25, 0.3) is 0 Å². The molecular weight excluding hydrogens is 407 g/mol. The van der Waals surface area contributed by atoms with Crippen LogP contribution < -0.4 is 0 Å². The number of ether oxygens (including phenoxy) is 1. The van der Waals surface area contributed by atoms with Gasteiger partial charge >= 0.3 is 0 Å². The first kappa shape index (κ1) is 20.3. The van der Waals surface area contributed by atoms with Gasteiger partial charge in [-0.15, -0.1) is 0 Å². The van der Waals surface area contributed by atoms with Gasteiger partial charge in [0.1, 0.15) is 18.4 Å². The summed E-state index contributed by atoms with van der Waals surface area (Å²) in [5, 5.41) is 12.4. The second-order valence-corrected chi connectivity index (χ2v) is 8.15. The van der Waals surface area contributed by atoms with Crippen LogP contribution in [-0.4, -0.2) is 34.4 Å². The molecule has 4 nitrogen and oxygen atoms in total. The second kappa shape index (κ2) is 8.82. The summed E-state index contributed by atoms with van der Waals surface area (Å²) in [6, 6.07) is 19.1. The third kappa shape index (κ3) is 4.47. The van der Waals surface area contributed by atoms with Gasteiger partial charge in [0, 0.05) is 28.9 Å². The number of nitrogens with zero attached hydrogens (tertiary/aromatic N) is 2. The Morgan fingerprint density at radius 2 is 1.45 bits per heavy atom. The first-order valence-electron chi connectivity index (χ1n) is 9.48. The number of morpholine rings is 1. The minimum absolute atomic E-state index is 0.169. The Morgan fingerprint density at radius 1 is 0.897 bits per heavy atom. The highest BCUT2D eigenvalue weighted by Crippen LogP contribution is 2.43. The maximum absolute atomic E-state index is 11.0. The Bertz CT molecular complexity index is 935. The van der Waals surface area contributed by atoms with Crippen LogP contribution in [0.2, 0.25) is 10.0 Å². The summed E-state index contributed by atoms with van der Waals surface area (Å²) in [4.78, 5) is 6.04. The van der Waals surface area contributed by atoms with E-state index in [1.165, 1.54) is 0 Å². The number of benzene rings is 2. The van der Waals surface area contributed by atoms with Gasteiger partial charge in [-0.05, 0) is 60.1 Å². The fourth-order valence-electron chi connectivity index (χ4n) is 3.86. The van der Waals surface area contributed by atoms with Gasteiger partial charge in [-0.1, -0.05) is 47.5 Å². The summed E-state index contributed by atoms with van der Waals surface area (Å²) in [5.74, 6) is 0. The van der Waals surface area contributed by atoms with Crippen molar-refractivity contribution >= 4 is 23.2 Å². The number of aliphatic hydroxyl groups is 1. The zero-order chi connectivity index (χ0) is 20.4. The Kier molecular flexibility index (Phi) is 6.18. The molecule has 1 aliphatic heterocycles. The summed E-state index contributed by atoms with van der Waals surface area (Å²) in [6.45, 7) is 0. The molecule has 4 unspecified atom stereocenters. The van der Waals surface area contributed by atoms with Gasteiger partial charge < -0.3 is 9.84 Å². The molecule has 2 aromatic carbocycles. The van der Waals surface area contributed by atoms with Crippen molar-refractivity contribution in [3.05, 3.63) is 99.8 Å². The number of likely N-dealkylation sites (N-methyl/N-ethyl adjacent to an activating group) is 1. The van der Waals surface area contributed by atoms with Gasteiger partial charge in [-0.2, -0.15) is 0 Å². The van der Waals surface area contributed by atoms with Crippen molar-refractivity contribution in [2.24, 2.45) is 0 Å². The highest BCUT2D eigenvalue weighted by atomic mass is 35.5. The lowest BCUT2D eigenvalue weighted by molar-refractivity contribution is -0.211. The number of hydrogen-bond donors (Lipinski definition) is 1. The molecule has 1 aromatic heterocycles. The normalized spacial score (nSPS) is 25.1. The standard InChI is InChI=1S/C23H22Cl2N2O2/c1-27-21(16-2-6-18(24)7-3-16)22(17-4-8-19(25)9-5-17)29-20(23(27)28)14-15-10-12-26-13-11-15/h2-13,20-23,28H,14H2,1H3. The molecule has 0 spiro atoms. The van der Waals surface area contributed by atoms with E-state index in [4.69, 9.17) is 27.9 Å². The van der Waals surface area contributed by atoms with Crippen LogP contribution in [-0.2, 0) is 11.2 Å². The number of pyridine rings is 1. The first-order chi connectivity index (χ1) is 14.0. The van der Waals surface area contributed by atoms with E-state index in [9.17, 15) is 5.11 Å². The molecule has 1 fully saturated rings. The van der Waals surface area contributed by atoms with Gasteiger partial charge in [0.15, 0.2) is 0 Å². The van der Waals surface area contributed by atoms with E-state index in [2.05, 4.69) is 4.98 Å². The van der Waals surface area contributed by atoms with E-state index in [0.29, 0.717) is 16.5 Å². The summed E-state index contributed by atoms with van der Waals surface area (Å²) in [6.07, 6.45) is 2.68. The van der Waals surface area contributed by atoms with Crippen molar-refractivity contribution in [2.75, 3.05) is 7.05 Å². The maximum Gasteiger partial charge on any atom is 0.134 e. The third-order valence-corrected chi connectivity index (χ3v) is 5.90. The molecule has 4 atom stereocenters. The highest BCUT2D eigenvalue weighted by molar-refractivity contribution is 6.30. The summed E-state index contributed by atoms with van der Waals surface area (Å²) in [7, 11) is 1.93. The van der Waals surface area contributed by atoms with E-state index >= 15 is 0 Å². The second-order valence-electron chi connectivity index (χ2n) is 7.28. The zero-order valence-corrected chi connectivity index (χ0v) is 17.5. The molecule has 0 amide bonds. The smallest absolute Gasteiger partial charge is 0.134 e. The van der Waals surface area contributed by atoms with Crippen molar-refractivity contribution in [1.82, 2.24) is 9.88 Å². The van der Waals surface area contributed by atoms with Gasteiger partial charge in [0.2, 0.25) is 0 Å². The third-order valence-electron chi connectivity index (χ3n) is 5.39. The lowest BCUT2D eigenvalue weighted by Gasteiger charge is -2.47. The van der Waals surface area contributed by atoms with Crippen LogP contribution >= 0.6 is 23.2 Å². The topological polar surface area (TPSA) is 45.6 Å². The fourth-order valence-corrected chi connectivity index (χ4v) is 4.11. The first-order valence-corrected chi connectivity index (χ1v) is 10.2. The molecule has 0 radical (unpaired) electrons. The van der Waals surface area contributed by atoms with Crippen molar-refractivity contribution in [3.63, 3.8) is 0 Å². The molecule has 1 saturated heterocycles. The van der Waals surface area contributed by atoms with Crippen LogP contribution in [0.25, 0.3) is 0 Å². The molecule has 1 aliphatic rings. The molecule has 150 valence electrons. The molecule has 4 rings (SSSR count). The molecule has 6 heteroatoms. The summed E-state index contributed by atoms with van der Waals surface area (Å²) in [5.41, 5.74) is 3.10. The molecule has 2 heterocycles.